The monoisotopic (exact) mass is 1210 g/mol. The van der Waals surface area contributed by atoms with Crippen LogP contribution in [0, 0.1) is 23.7 Å². The fourth-order valence-corrected chi connectivity index (χ4v) is 12.0. The van der Waals surface area contributed by atoms with Gasteiger partial charge in [0.05, 0.1) is 30.3 Å². The smallest absolute Gasteiger partial charge is 0.407 e. The average molecular weight is 1210 g/mol. The molecule has 2 aliphatic heterocycles. The summed E-state index contributed by atoms with van der Waals surface area (Å²) in [5.74, 6) is -4.76. The highest BCUT2D eigenvalue weighted by molar-refractivity contribution is 6.67. The van der Waals surface area contributed by atoms with Crippen LogP contribution in [-0.2, 0) is 33.4 Å². The molecular weight excluding hydrogens is 1130 g/mol. The van der Waals surface area contributed by atoms with E-state index in [4.69, 9.17) is 44.3 Å². The summed E-state index contributed by atoms with van der Waals surface area (Å²) in [6, 6.07) is 36.2. The summed E-state index contributed by atoms with van der Waals surface area (Å²) in [5, 5.41) is 14.9. The van der Waals surface area contributed by atoms with Gasteiger partial charge in [-0.05, 0) is 73.1 Å². The first-order valence-electron chi connectivity index (χ1n) is 29.8. The van der Waals surface area contributed by atoms with Crippen LogP contribution < -0.4 is 26.6 Å². The Morgan fingerprint density at radius 3 is 1.18 bits per heavy atom. The van der Waals surface area contributed by atoms with Crippen LogP contribution in [0.2, 0.25) is 0 Å². The number of ether oxygens (including phenoxy) is 2. The van der Waals surface area contributed by atoms with Crippen LogP contribution in [0.5, 0.6) is 0 Å². The molecule has 3 saturated carbocycles. The number of nitrogens with zero attached hydrogens (tertiary/aromatic N) is 2. The molecule has 0 bridgehead atoms. The third kappa shape index (κ3) is 17.7. The fourth-order valence-electron chi connectivity index (χ4n) is 11.8. The van der Waals surface area contributed by atoms with Crippen molar-refractivity contribution in [3.63, 3.8) is 0 Å². The number of benzene rings is 4. The number of carbonyl (C=O) groups is 8. The zero-order valence-electron chi connectivity index (χ0n) is 47.2. The molecular formula is C64H76Cl3N7O10. The van der Waals surface area contributed by atoms with Crippen molar-refractivity contribution in [1.29, 1.82) is 0 Å². The Morgan fingerprint density at radius 2 is 0.798 bits per heavy atom. The molecule has 2 saturated heterocycles. The van der Waals surface area contributed by atoms with E-state index in [0.717, 1.165) is 93.7 Å². The molecule has 4 aromatic carbocycles. The molecule has 84 heavy (non-hydrogen) atoms. The molecule has 0 aromatic heterocycles. The maximum Gasteiger partial charge on any atom is 0.407 e. The Hall–Kier alpha value is -6.69. The maximum absolute atomic E-state index is 14.3. The Balaban J connectivity index is 0.728. The Bertz CT molecular complexity index is 2840. The molecule has 2 heterocycles. The highest BCUT2D eigenvalue weighted by Crippen LogP contribution is 2.44. The zero-order chi connectivity index (χ0) is 59.2. The van der Waals surface area contributed by atoms with Gasteiger partial charge in [-0.1, -0.05) is 177 Å². The number of amides is 7. The van der Waals surface area contributed by atoms with Crippen molar-refractivity contribution in [3.8, 4) is 0 Å². The number of unbranched alkanes of at least 4 members (excludes halogenated alkanes) is 9. The molecule has 9 rings (SSSR count). The lowest BCUT2D eigenvalue weighted by atomic mass is 9.94. The van der Waals surface area contributed by atoms with Crippen molar-refractivity contribution in [2.45, 2.75) is 123 Å². The SMILES string of the molecule is O=C(CNC(=O)OCC(Cl)(Cl)Cl)OCCCCCCCCCCCCNC(=O)[C@@H]1CN(C(=O)c2ccc(C(=O)N3C[C@@H](C(=O)N[C@H]4C[C@@H]4c4ccccc4)[C@H](C(=O)N[C@H]4C[C@@H]4c4ccccc4)C3)cc2)C[C@H]1C(=O)N[C@H]1C[C@@H]1c1ccccc1. The summed E-state index contributed by atoms with van der Waals surface area (Å²) in [7, 11) is 0. The van der Waals surface area contributed by atoms with Crippen molar-refractivity contribution < 1.29 is 47.8 Å². The normalized spacial score (nSPS) is 23.8. The Morgan fingerprint density at radius 1 is 0.440 bits per heavy atom. The first-order valence-corrected chi connectivity index (χ1v) is 30.9. The van der Waals surface area contributed by atoms with E-state index >= 15 is 0 Å². The molecule has 4 aromatic rings. The van der Waals surface area contributed by atoms with Gasteiger partial charge in [0.15, 0.2) is 0 Å². The lowest BCUT2D eigenvalue weighted by Gasteiger charge is -2.18. The number of nitrogens with one attached hydrogen (secondary N) is 5. The first-order chi connectivity index (χ1) is 40.6. The second-order valence-electron chi connectivity index (χ2n) is 23.1. The summed E-state index contributed by atoms with van der Waals surface area (Å²) in [5.41, 5.74) is 4.05. The summed E-state index contributed by atoms with van der Waals surface area (Å²) in [6.45, 7) is 0.147. The topological polar surface area (TPSA) is 222 Å². The van der Waals surface area contributed by atoms with Crippen LogP contribution in [0.25, 0.3) is 0 Å². The lowest BCUT2D eigenvalue weighted by molar-refractivity contribution is -0.142. The van der Waals surface area contributed by atoms with Crippen molar-refractivity contribution in [1.82, 2.24) is 36.4 Å². The summed E-state index contributed by atoms with van der Waals surface area (Å²) < 4.78 is 8.10. The quantitative estimate of drug-likeness (QED) is 0.0207. The molecule has 10 atom stereocenters. The molecule has 20 heteroatoms. The van der Waals surface area contributed by atoms with E-state index < -0.39 is 46.1 Å². The number of esters is 1. The van der Waals surface area contributed by atoms with Gasteiger partial charge in [0.25, 0.3) is 11.8 Å². The number of carbonyl (C=O) groups excluding carboxylic acids is 8. The third-order valence-electron chi connectivity index (χ3n) is 16.9. The van der Waals surface area contributed by atoms with Gasteiger partial charge in [-0.15, -0.1) is 0 Å². The number of hydrogen-bond donors (Lipinski definition) is 5. The highest BCUT2D eigenvalue weighted by Gasteiger charge is 2.50. The van der Waals surface area contributed by atoms with E-state index in [1.807, 2.05) is 66.7 Å². The lowest BCUT2D eigenvalue weighted by Crippen LogP contribution is -2.43. The van der Waals surface area contributed by atoms with Crippen LogP contribution in [0.15, 0.2) is 115 Å². The second-order valence-corrected chi connectivity index (χ2v) is 25.6. The summed E-state index contributed by atoms with van der Waals surface area (Å²) >= 11 is 16.6. The van der Waals surface area contributed by atoms with Gasteiger partial charge in [-0.3, -0.25) is 33.6 Å². The van der Waals surface area contributed by atoms with E-state index in [-0.39, 0.29) is 111 Å². The van der Waals surface area contributed by atoms with Crippen LogP contribution >= 0.6 is 34.8 Å². The van der Waals surface area contributed by atoms with Crippen LogP contribution in [0.1, 0.15) is 139 Å². The van der Waals surface area contributed by atoms with Crippen molar-refractivity contribution in [2.24, 2.45) is 23.7 Å². The number of alkyl halides is 3. The predicted octanol–water partition coefficient (Wildman–Crippen LogP) is 8.74. The summed E-state index contributed by atoms with van der Waals surface area (Å²) in [6.07, 6.45) is 11.2. The molecule has 448 valence electrons. The molecule has 0 spiro atoms. The van der Waals surface area contributed by atoms with E-state index in [9.17, 15) is 38.4 Å². The van der Waals surface area contributed by atoms with Crippen LogP contribution in [0.3, 0.4) is 0 Å². The molecule has 17 nitrogen and oxygen atoms in total. The second kappa shape index (κ2) is 29.4. The number of rotatable bonds is 28. The van der Waals surface area contributed by atoms with Crippen LogP contribution in [0.4, 0.5) is 4.79 Å². The Kier molecular flexibility index (Phi) is 21.7. The number of likely N-dealkylation sites (tertiary alicyclic amines) is 2. The highest BCUT2D eigenvalue weighted by atomic mass is 35.6. The number of halogens is 3. The van der Waals surface area contributed by atoms with Gasteiger partial charge in [0.1, 0.15) is 13.2 Å². The molecule has 0 unspecified atom stereocenters. The number of hydrogen-bond acceptors (Lipinski definition) is 10. The van der Waals surface area contributed by atoms with Gasteiger partial charge in [-0.2, -0.15) is 0 Å². The largest absolute Gasteiger partial charge is 0.464 e. The minimum atomic E-state index is -1.74. The predicted molar refractivity (Wildman–Crippen MR) is 319 cm³/mol. The van der Waals surface area contributed by atoms with E-state index in [0.29, 0.717) is 24.1 Å². The third-order valence-corrected chi connectivity index (χ3v) is 17.2. The minimum absolute atomic E-state index is 0.0503. The van der Waals surface area contributed by atoms with Gasteiger partial charge >= 0.3 is 12.1 Å². The van der Waals surface area contributed by atoms with Gasteiger partial charge < -0.3 is 45.9 Å². The molecule has 3 aliphatic carbocycles. The fraction of sp³-hybridized carbons (Fsp3) is 0.500. The molecule has 5 aliphatic rings. The molecule has 0 radical (unpaired) electrons. The van der Waals surface area contributed by atoms with Gasteiger partial charge in [-0.25, -0.2) is 4.79 Å². The zero-order valence-corrected chi connectivity index (χ0v) is 49.5. The van der Waals surface area contributed by atoms with E-state index in [1.54, 1.807) is 34.1 Å². The Labute approximate surface area is 506 Å². The van der Waals surface area contributed by atoms with Crippen molar-refractivity contribution in [3.05, 3.63) is 143 Å². The maximum atomic E-state index is 14.3. The minimum Gasteiger partial charge on any atom is -0.464 e. The van der Waals surface area contributed by atoms with Gasteiger partial charge in [0, 0.05) is 79.7 Å². The van der Waals surface area contributed by atoms with E-state index in [1.165, 1.54) is 0 Å². The van der Waals surface area contributed by atoms with Gasteiger partial charge in [0.2, 0.25) is 27.4 Å². The molecule has 5 fully saturated rings. The van der Waals surface area contributed by atoms with E-state index in [2.05, 4.69) is 50.8 Å². The number of alkyl carbamates (subject to hydrolysis) is 1. The standard InChI is InChI=1S/C64H76Cl3N7O10/c65-64(66,67)40-84-63(82)69-35-56(75)83-31-19-8-6-4-2-1-3-5-7-18-30-68-57(76)49-36-73(37-50(49)58(77)70-53-32-46(53)41-20-12-9-13-21-41)61(80)44-26-28-45(29-27-44)62(81)74-38-51(59(78)71-54-33-47(54)42-22-14-10-15-23-42)52(39-74)60(79)72-55-34-48(55)43-24-16-11-17-25-43/h9-17,20-29,46-55H,1-8,18-19,30-40H2,(H,68,76)(H,69,82)(H,70,77)(H,71,78)(H,72,79)/t46-,47-,48-,49-,50-,51-,52-,53+,54+,55+/m1/s1. The van der Waals surface area contributed by atoms with Crippen molar-refractivity contribution >= 4 is 82.3 Å². The molecule has 5 N–H and O–H groups in total. The average Bonchev–Trinajstić information content (AvgIpc) is 4.40. The summed E-state index contributed by atoms with van der Waals surface area (Å²) in [4.78, 5) is 111. The van der Waals surface area contributed by atoms with Crippen molar-refractivity contribution in [2.75, 3.05) is 52.5 Å². The molecule has 7 amide bonds. The van der Waals surface area contributed by atoms with Crippen LogP contribution in [-0.4, -0.2) is 132 Å². The first kappa shape index (κ1) is 61.9.